The number of nitrogens with one attached hydrogen (secondary N) is 1. The van der Waals surface area contributed by atoms with E-state index in [1.54, 1.807) is 14.0 Å². The van der Waals surface area contributed by atoms with Gasteiger partial charge in [0, 0.05) is 44.4 Å². The predicted molar refractivity (Wildman–Crippen MR) is 104 cm³/mol. The average molecular weight is 389 g/mol. The molecule has 1 N–H and O–H groups in total. The summed E-state index contributed by atoms with van der Waals surface area (Å²) in [7, 11) is 3.69. The Balaban J connectivity index is 1.78. The standard InChI is InChI=1S/C19H24FN5O3/c1-4-17(26)28-18-14(20)12-21-19(23-18)22-15-6-5-13(11-16(15)27-3)25-9-7-24(2)8-10-25/h5-6,11-12H,4,7-10H2,1-3H3,(H,21,22,23). The molecule has 0 spiro atoms. The number of hydrogen-bond donors (Lipinski definition) is 1. The van der Waals surface area contributed by atoms with Crippen molar-refractivity contribution in [3.63, 3.8) is 0 Å². The smallest absolute Gasteiger partial charge is 0.312 e. The van der Waals surface area contributed by atoms with Crippen LogP contribution >= 0.6 is 0 Å². The molecule has 2 aromatic rings. The quantitative estimate of drug-likeness (QED) is 0.755. The zero-order valence-corrected chi connectivity index (χ0v) is 16.2. The molecule has 150 valence electrons. The van der Waals surface area contributed by atoms with E-state index in [1.807, 2.05) is 18.2 Å². The number of anilines is 3. The van der Waals surface area contributed by atoms with Gasteiger partial charge in [-0.15, -0.1) is 0 Å². The SMILES string of the molecule is CCC(=O)Oc1nc(Nc2ccc(N3CCN(C)CC3)cc2OC)ncc1F. The van der Waals surface area contributed by atoms with Gasteiger partial charge in [0.15, 0.2) is 0 Å². The maximum absolute atomic E-state index is 13.8. The number of rotatable bonds is 6. The van der Waals surface area contributed by atoms with Crippen molar-refractivity contribution in [2.75, 3.05) is 50.6 Å². The lowest BCUT2D eigenvalue weighted by atomic mass is 10.2. The van der Waals surface area contributed by atoms with E-state index >= 15 is 0 Å². The molecule has 28 heavy (non-hydrogen) atoms. The molecule has 0 radical (unpaired) electrons. The number of esters is 1. The number of halogens is 1. The molecule has 3 rings (SSSR count). The lowest BCUT2D eigenvalue weighted by Gasteiger charge is -2.34. The first-order chi connectivity index (χ1) is 13.5. The van der Waals surface area contributed by atoms with E-state index in [1.165, 1.54) is 0 Å². The minimum absolute atomic E-state index is 0.103. The highest BCUT2D eigenvalue weighted by atomic mass is 19.1. The average Bonchev–Trinajstić information content (AvgIpc) is 2.71. The molecule has 0 atom stereocenters. The van der Waals surface area contributed by atoms with Gasteiger partial charge in [-0.3, -0.25) is 4.79 Å². The van der Waals surface area contributed by atoms with Crippen molar-refractivity contribution in [1.82, 2.24) is 14.9 Å². The van der Waals surface area contributed by atoms with Gasteiger partial charge in [-0.25, -0.2) is 4.98 Å². The van der Waals surface area contributed by atoms with E-state index in [0.717, 1.165) is 38.1 Å². The van der Waals surface area contributed by atoms with Gasteiger partial charge in [-0.1, -0.05) is 6.92 Å². The first kappa shape index (κ1) is 19.8. The number of piperazine rings is 1. The molecule has 1 saturated heterocycles. The third-order valence-electron chi connectivity index (χ3n) is 4.51. The summed E-state index contributed by atoms with van der Waals surface area (Å²) in [6.07, 6.45) is 1.08. The second-order valence-electron chi connectivity index (χ2n) is 6.47. The normalized spacial score (nSPS) is 14.6. The number of likely N-dealkylation sites (N-methyl/N-ethyl adjacent to an activating group) is 1. The third-order valence-corrected chi connectivity index (χ3v) is 4.51. The lowest BCUT2D eigenvalue weighted by molar-refractivity contribution is -0.134. The summed E-state index contributed by atoms with van der Waals surface area (Å²) < 4.78 is 24.2. The summed E-state index contributed by atoms with van der Waals surface area (Å²) in [6, 6.07) is 5.78. The topological polar surface area (TPSA) is 79.8 Å². The van der Waals surface area contributed by atoms with Crippen LogP contribution in [0, 0.1) is 5.82 Å². The van der Waals surface area contributed by atoms with Gasteiger partial charge in [-0.2, -0.15) is 9.37 Å². The number of hydrogen-bond acceptors (Lipinski definition) is 8. The minimum Gasteiger partial charge on any atom is -0.494 e. The van der Waals surface area contributed by atoms with Crippen molar-refractivity contribution in [1.29, 1.82) is 0 Å². The van der Waals surface area contributed by atoms with E-state index in [0.29, 0.717) is 11.4 Å². The molecule has 1 aliphatic heterocycles. The van der Waals surface area contributed by atoms with Crippen LogP contribution in [0.1, 0.15) is 13.3 Å². The van der Waals surface area contributed by atoms with Crippen LogP contribution in [0.5, 0.6) is 11.6 Å². The number of methoxy groups -OCH3 is 1. The summed E-state index contributed by atoms with van der Waals surface area (Å²) in [5, 5.41) is 2.99. The van der Waals surface area contributed by atoms with Crippen molar-refractivity contribution in [3.8, 4) is 11.6 Å². The maximum Gasteiger partial charge on any atom is 0.312 e. The molecule has 1 aromatic heterocycles. The number of ether oxygens (including phenoxy) is 2. The molecule has 0 saturated carbocycles. The Morgan fingerprint density at radius 3 is 2.71 bits per heavy atom. The fourth-order valence-corrected chi connectivity index (χ4v) is 2.83. The van der Waals surface area contributed by atoms with Crippen LogP contribution in [0.3, 0.4) is 0 Å². The van der Waals surface area contributed by atoms with Crippen molar-refractivity contribution >= 4 is 23.3 Å². The predicted octanol–water partition coefficient (Wildman–Crippen LogP) is 2.44. The number of nitrogens with zero attached hydrogens (tertiary/aromatic N) is 4. The highest BCUT2D eigenvalue weighted by Gasteiger charge is 2.17. The highest BCUT2D eigenvalue weighted by molar-refractivity contribution is 5.72. The second-order valence-corrected chi connectivity index (χ2v) is 6.47. The zero-order valence-electron chi connectivity index (χ0n) is 16.2. The van der Waals surface area contributed by atoms with Crippen LogP contribution in [0.2, 0.25) is 0 Å². The number of benzene rings is 1. The first-order valence-electron chi connectivity index (χ1n) is 9.12. The van der Waals surface area contributed by atoms with Crippen LogP contribution < -0.4 is 19.7 Å². The monoisotopic (exact) mass is 389 g/mol. The molecule has 0 unspecified atom stereocenters. The second kappa shape index (κ2) is 8.83. The molecule has 2 heterocycles. The van der Waals surface area contributed by atoms with Crippen LogP contribution in [0.15, 0.2) is 24.4 Å². The molecular weight excluding hydrogens is 365 g/mol. The van der Waals surface area contributed by atoms with Gasteiger partial charge in [0.1, 0.15) is 5.75 Å². The van der Waals surface area contributed by atoms with Gasteiger partial charge in [-0.05, 0) is 19.2 Å². The van der Waals surface area contributed by atoms with Crippen LogP contribution in [-0.4, -0.2) is 61.2 Å². The minimum atomic E-state index is -0.801. The molecule has 1 aromatic carbocycles. The maximum atomic E-state index is 13.8. The van der Waals surface area contributed by atoms with Crippen molar-refractivity contribution in [2.45, 2.75) is 13.3 Å². The summed E-state index contributed by atoms with van der Waals surface area (Å²) in [6.45, 7) is 5.52. The Kier molecular flexibility index (Phi) is 6.25. The Labute approximate surface area is 163 Å². The molecule has 0 amide bonds. The Hall–Kier alpha value is -2.94. The molecule has 9 heteroatoms. The van der Waals surface area contributed by atoms with Crippen LogP contribution in [-0.2, 0) is 4.79 Å². The van der Waals surface area contributed by atoms with Gasteiger partial charge in [0.2, 0.25) is 11.8 Å². The number of carbonyl (C=O) groups is 1. The molecular formula is C19H24FN5O3. The Bertz CT molecular complexity index is 840. The number of carbonyl (C=O) groups excluding carboxylic acids is 1. The number of aromatic nitrogens is 2. The molecule has 1 aliphatic rings. The highest BCUT2D eigenvalue weighted by Crippen LogP contribution is 2.32. The van der Waals surface area contributed by atoms with E-state index < -0.39 is 17.7 Å². The van der Waals surface area contributed by atoms with Crippen LogP contribution in [0.4, 0.5) is 21.7 Å². The summed E-state index contributed by atoms with van der Waals surface area (Å²) in [5.41, 5.74) is 1.69. The largest absolute Gasteiger partial charge is 0.494 e. The molecule has 1 fully saturated rings. The van der Waals surface area contributed by atoms with Crippen LogP contribution in [0.25, 0.3) is 0 Å². The Morgan fingerprint density at radius 1 is 1.29 bits per heavy atom. The first-order valence-corrected chi connectivity index (χ1v) is 9.12. The van der Waals surface area contributed by atoms with E-state index in [2.05, 4.69) is 32.1 Å². The van der Waals surface area contributed by atoms with E-state index in [-0.39, 0.29) is 12.4 Å². The van der Waals surface area contributed by atoms with E-state index in [4.69, 9.17) is 9.47 Å². The van der Waals surface area contributed by atoms with Gasteiger partial charge in [0.05, 0.1) is 19.0 Å². The fourth-order valence-electron chi connectivity index (χ4n) is 2.83. The lowest BCUT2D eigenvalue weighted by Crippen LogP contribution is -2.44. The molecule has 8 nitrogen and oxygen atoms in total. The van der Waals surface area contributed by atoms with E-state index in [9.17, 15) is 9.18 Å². The van der Waals surface area contributed by atoms with Crippen molar-refractivity contribution < 1.29 is 18.7 Å². The van der Waals surface area contributed by atoms with Gasteiger partial charge in [0.25, 0.3) is 5.88 Å². The molecule has 0 aliphatic carbocycles. The fraction of sp³-hybridized carbons (Fsp3) is 0.421. The van der Waals surface area contributed by atoms with Gasteiger partial charge < -0.3 is 24.6 Å². The van der Waals surface area contributed by atoms with Crippen molar-refractivity contribution in [3.05, 3.63) is 30.2 Å². The zero-order chi connectivity index (χ0) is 20.1. The Morgan fingerprint density at radius 2 is 2.04 bits per heavy atom. The summed E-state index contributed by atoms with van der Waals surface area (Å²) in [4.78, 5) is 23.8. The molecule has 0 bridgehead atoms. The van der Waals surface area contributed by atoms with Crippen molar-refractivity contribution in [2.24, 2.45) is 0 Å². The summed E-state index contributed by atoms with van der Waals surface area (Å²) >= 11 is 0. The third kappa shape index (κ3) is 4.66. The summed E-state index contributed by atoms with van der Waals surface area (Å²) in [5.74, 6) is -1.07. The van der Waals surface area contributed by atoms with Gasteiger partial charge >= 0.3 is 5.97 Å².